The molecule has 0 saturated carbocycles. The molecule has 0 aliphatic rings. The third kappa shape index (κ3) is 4.00. The van der Waals surface area contributed by atoms with Crippen molar-refractivity contribution in [2.75, 3.05) is 0 Å². The number of hydrogen-bond donors (Lipinski definition) is 0. The van der Waals surface area contributed by atoms with E-state index in [1.807, 2.05) is 36.4 Å². The molecular weight excluding hydrogens is 332 g/mol. The van der Waals surface area contributed by atoms with Crippen LogP contribution in [0.2, 0.25) is 0 Å². The summed E-state index contributed by atoms with van der Waals surface area (Å²) in [6.07, 6.45) is 5.81. The highest BCUT2D eigenvalue weighted by molar-refractivity contribution is 6.16. The molecule has 0 aliphatic carbocycles. The van der Waals surface area contributed by atoms with Gasteiger partial charge in [-0.3, -0.25) is 0 Å². The van der Waals surface area contributed by atoms with E-state index in [4.69, 9.17) is 4.74 Å². The number of fused-ring (bicyclic) bond motifs is 2. The number of rotatable bonds is 8. The Morgan fingerprint density at radius 1 is 0.778 bits per heavy atom. The van der Waals surface area contributed by atoms with Crippen LogP contribution in [0.3, 0.4) is 0 Å². The normalized spacial score (nSPS) is 11.8. The fraction of sp³-hybridized carbons (Fsp3) is 0.400. The van der Waals surface area contributed by atoms with Gasteiger partial charge < -0.3 is 4.74 Å². The average Bonchev–Trinajstić information content (AvgIpc) is 2.66. The fourth-order valence-corrected chi connectivity index (χ4v) is 4.38. The monoisotopic (exact) mass is 362 g/mol. The lowest BCUT2D eigenvalue weighted by Gasteiger charge is -2.33. The minimum absolute atomic E-state index is 0.182. The maximum Gasteiger partial charge on any atom is 0.339 e. The predicted molar refractivity (Wildman–Crippen MR) is 114 cm³/mol. The SMILES string of the molecule is CCCC(CCC)(CCC)OC(=O)c1c2ccccc2cc2ccccc12. The maximum atomic E-state index is 13.5. The first kappa shape index (κ1) is 19.4. The van der Waals surface area contributed by atoms with E-state index in [-0.39, 0.29) is 11.6 Å². The number of ether oxygens (including phenoxy) is 1. The quantitative estimate of drug-likeness (QED) is 0.311. The van der Waals surface area contributed by atoms with Gasteiger partial charge in [0.2, 0.25) is 0 Å². The van der Waals surface area contributed by atoms with Crippen molar-refractivity contribution in [3.05, 3.63) is 60.2 Å². The minimum atomic E-state index is -0.354. The summed E-state index contributed by atoms with van der Waals surface area (Å²) in [7, 11) is 0. The van der Waals surface area contributed by atoms with Crippen LogP contribution in [-0.4, -0.2) is 11.6 Å². The van der Waals surface area contributed by atoms with E-state index in [9.17, 15) is 4.79 Å². The first-order valence-corrected chi connectivity index (χ1v) is 10.3. The fourth-order valence-electron chi connectivity index (χ4n) is 4.38. The van der Waals surface area contributed by atoms with Crippen LogP contribution in [0.1, 0.15) is 69.7 Å². The van der Waals surface area contributed by atoms with Crippen molar-refractivity contribution in [2.24, 2.45) is 0 Å². The summed E-state index contributed by atoms with van der Waals surface area (Å²) < 4.78 is 6.32. The number of esters is 1. The highest BCUT2D eigenvalue weighted by atomic mass is 16.6. The molecule has 27 heavy (non-hydrogen) atoms. The average molecular weight is 363 g/mol. The van der Waals surface area contributed by atoms with E-state index in [0.717, 1.165) is 60.1 Å². The van der Waals surface area contributed by atoms with Crippen LogP contribution in [0.15, 0.2) is 54.6 Å². The molecule has 0 unspecified atom stereocenters. The van der Waals surface area contributed by atoms with Gasteiger partial charge in [0.05, 0.1) is 5.56 Å². The van der Waals surface area contributed by atoms with E-state index in [0.29, 0.717) is 5.56 Å². The second-order valence-electron chi connectivity index (χ2n) is 7.52. The van der Waals surface area contributed by atoms with Crippen LogP contribution in [0.5, 0.6) is 0 Å². The van der Waals surface area contributed by atoms with Gasteiger partial charge in [0.1, 0.15) is 5.60 Å². The van der Waals surface area contributed by atoms with E-state index < -0.39 is 0 Å². The van der Waals surface area contributed by atoms with Gasteiger partial charge in [0, 0.05) is 0 Å². The molecule has 2 heteroatoms. The summed E-state index contributed by atoms with van der Waals surface area (Å²) in [4.78, 5) is 13.5. The number of carbonyl (C=O) groups excluding carboxylic acids is 1. The predicted octanol–water partition coefficient (Wildman–Crippen LogP) is 7.29. The van der Waals surface area contributed by atoms with Crippen molar-refractivity contribution >= 4 is 27.5 Å². The minimum Gasteiger partial charge on any atom is -0.455 e. The van der Waals surface area contributed by atoms with Crippen LogP contribution in [0.4, 0.5) is 0 Å². The molecule has 0 aliphatic heterocycles. The summed E-state index contributed by atoms with van der Waals surface area (Å²) in [6.45, 7) is 6.50. The summed E-state index contributed by atoms with van der Waals surface area (Å²) in [6, 6.07) is 18.4. The first-order valence-electron chi connectivity index (χ1n) is 10.3. The van der Waals surface area contributed by atoms with Crippen molar-refractivity contribution in [2.45, 2.75) is 64.9 Å². The van der Waals surface area contributed by atoms with E-state index in [1.165, 1.54) is 0 Å². The van der Waals surface area contributed by atoms with E-state index >= 15 is 0 Å². The van der Waals surface area contributed by atoms with Gasteiger partial charge in [-0.15, -0.1) is 0 Å². The lowest BCUT2D eigenvalue weighted by Crippen LogP contribution is -2.35. The summed E-state index contributed by atoms with van der Waals surface area (Å²) in [5.74, 6) is -0.182. The molecule has 0 amide bonds. The molecule has 0 heterocycles. The molecule has 0 bridgehead atoms. The van der Waals surface area contributed by atoms with Crippen LogP contribution >= 0.6 is 0 Å². The van der Waals surface area contributed by atoms with Crippen molar-refractivity contribution in [1.29, 1.82) is 0 Å². The molecule has 0 saturated heterocycles. The highest BCUT2D eigenvalue weighted by Gasteiger charge is 2.33. The van der Waals surface area contributed by atoms with Crippen molar-refractivity contribution in [1.82, 2.24) is 0 Å². The Morgan fingerprint density at radius 3 is 1.67 bits per heavy atom. The number of benzene rings is 3. The Kier molecular flexibility index (Phi) is 6.15. The molecule has 0 spiro atoms. The number of carbonyl (C=O) groups is 1. The van der Waals surface area contributed by atoms with Gasteiger partial charge >= 0.3 is 5.97 Å². The van der Waals surface area contributed by atoms with Crippen molar-refractivity contribution in [3.8, 4) is 0 Å². The van der Waals surface area contributed by atoms with Gasteiger partial charge in [-0.25, -0.2) is 4.79 Å². The Hall–Kier alpha value is -2.35. The lowest BCUT2D eigenvalue weighted by molar-refractivity contribution is -0.0329. The van der Waals surface area contributed by atoms with Gasteiger partial charge in [0.25, 0.3) is 0 Å². The molecule has 0 N–H and O–H groups in total. The lowest BCUT2D eigenvalue weighted by atomic mass is 9.87. The van der Waals surface area contributed by atoms with Crippen molar-refractivity contribution in [3.63, 3.8) is 0 Å². The topological polar surface area (TPSA) is 26.3 Å². The molecule has 3 aromatic carbocycles. The Balaban J connectivity index is 2.13. The zero-order valence-corrected chi connectivity index (χ0v) is 16.8. The van der Waals surface area contributed by atoms with Crippen LogP contribution in [0, 0.1) is 0 Å². The van der Waals surface area contributed by atoms with Gasteiger partial charge in [-0.05, 0) is 46.9 Å². The third-order valence-electron chi connectivity index (χ3n) is 5.40. The largest absolute Gasteiger partial charge is 0.455 e. The van der Waals surface area contributed by atoms with Gasteiger partial charge in [-0.1, -0.05) is 88.6 Å². The summed E-state index contributed by atoms with van der Waals surface area (Å²) in [5.41, 5.74) is 0.351. The van der Waals surface area contributed by atoms with Crippen LogP contribution < -0.4 is 0 Å². The molecule has 0 atom stereocenters. The molecule has 3 aromatic rings. The molecule has 0 fully saturated rings. The van der Waals surface area contributed by atoms with Crippen LogP contribution in [0.25, 0.3) is 21.5 Å². The van der Waals surface area contributed by atoms with Gasteiger partial charge in [-0.2, -0.15) is 0 Å². The van der Waals surface area contributed by atoms with Crippen LogP contribution in [-0.2, 0) is 4.74 Å². The third-order valence-corrected chi connectivity index (χ3v) is 5.40. The summed E-state index contributed by atoms with van der Waals surface area (Å²) >= 11 is 0. The molecular formula is C25H30O2. The molecule has 2 nitrogen and oxygen atoms in total. The summed E-state index contributed by atoms with van der Waals surface area (Å²) in [5, 5.41) is 4.10. The zero-order valence-electron chi connectivity index (χ0n) is 16.8. The van der Waals surface area contributed by atoms with Crippen molar-refractivity contribution < 1.29 is 9.53 Å². The molecule has 3 rings (SSSR count). The van der Waals surface area contributed by atoms with E-state index in [2.05, 4.69) is 39.0 Å². The van der Waals surface area contributed by atoms with E-state index in [1.54, 1.807) is 0 Å². The molecule has 142 valence electrons. The Bertz CT molecular complexity index is 855. The number of hydrogen-bond acceptors (Lipinski definition) is 2. The second kappa shape index (κ2) is 8.56. The zero-order chi connectivity index (χ0) is 19.3. The Morgan fingerprint density at radius 2 is 1.22 bits per heavy atom. The first-order chi connectivity index (χ1) is 13.1. The standard InChI is InChI=1S/C25H30O2/c1-4-15-25(16-5-2,17-6-3)27-24(26)23-21-13-9-7-11-19(21)18-20-12-8-10-14-22(20)23/h7-14,18H,4-6,15-17H2,1-3H3. The highest BCUT2D eigenvalue weighted by Crippen LogP contribution is 2.34. The van der Waals surface area contributed by atoms with Gasteiger partial charge in [0.15, 0.2) is 0 Å². The molecule has 0 radical (unpaired) electrons. The Labute approximate surface area is 162 Å². The smallest absolute Gasteiger partial charge is 0.339 e. The maximum absolute atomic E-state index is 13.5. The molecule has 0 aromatic heterocycles. The second-order valence-corrected chi connectivity index (χ2v) is 7.52.